The second-order valence-corrected chi connectivity index (χ2v) is 3.33. The van der Waals surface area contributed by atoms with Crippen LogP contribution in [0.2, 0.25) is 0 Å². The van der Waals surface area contributed by atoms with Gasteiger partial charge in [0.15, 0.2) is 0 Å². The van der Waals surface area contributed by atoms with E-state index in [1.165, 1.54) is 13.0 Å². The highest BCUT2D eigenvalue weighted by Crippen LogP contribution is 2.17. The third-order valence-electron chi connectivity index (χ3n) is 1.92. The Kier molecular flexibility index (Phi) is 4.15. The molecule has 0 heterocycles. The zero-order valence-electron chi connectivity index (χ0n) is 9.21. The number of para-hydroxylation sites is 1. The van der Waals surface area contributed by atoms with Crippen LogP contribution < -0.4 is 11.2 Å². The predicted molar refractivity (Wildman–Crippen MR) is 62.2 cm³/mol. The van der Waals surface area contributed by atoms with E-state index >= 15 is 0 Å². The third kappa shape index (κ3) is 3.90. The number of hydrogen-bond acceptors (Lipinski definition) is 4. The van der Waals surface area contributed by atoms with Gasteiger partial charge < -0.3 is 5.73 Å². The van der Waals surface area contributed by atoms with Gasteiger partial charge in [-0.15, -0.1) is 0 Å². The van der Waals surface area contributed by atoms with Gasteiger partial charge in [0.1, 0.15) is 5.84 Å². The van der Waals surface area contributed by atoms with E-state index in [0.29, 0.717) is 5.56 Å². The molecule has 0 unspecified atom stereocenters. The molecule has 0 aliphatic heterocycles. The van der Waals surface area contributed by atoms with E-state index in [1.54, 1.807) is 18.2 Å². The second kappa shape index (κ2) is 5.59. The summed E-state index contributed by atoms with van der Waals surface area (Å²) < 4.78 is 0. The maximum atomic E-state index is 10.7. The maximum Gasteiger partial charge on any atom is 0.273 e. The van der Waals surface area contributed by atoms with Crippen LogP contribution in [0.5, 0.6) is 0 Å². The van der Waals surface area contributed by atoms with Crippen LogP contribution in [0.1, 0.15) is 12.5 Å². The van der Waals surface area contributed by atoms with Crippen molar-refractivity contribution in [3.8, 4) is 0 Å². The van der Waals surface area contributed by atoms with Gasteiger partial charge in [-0.3, -0.25) is 14.9 Å². The van der Waals surface area contributed by atoms with Gasteiger partial charge >= 0.3 is 0 Å². The zero-order chi connectivity index (χ0) is 12.8. The van der Waals surface area contributed by atoms with Gasteiger partial charge in [0.2, 0.25) is 5.91 Å². The number of hydrazone groups is 1. The summed E-state index contributed by atoms with van der Waals surface area (Å²) in [5, 5.41) is 14.3. The molecule has 0 radical (unpaired) electrons. The molecule has 0 aliphatic carbocycles. The minimum atomic E-state index is -0.485. The summed E-state index contributed by atoms with van der Waals surface area (Å²) >= 11 is 0. The number of carbonyl (C=O) groups is 1. The van der Waals surface area contributed by atoms with Gasteiger partial charge in [-0.25, -0.2) is 5.43 Å². The number of nitro benzene ring substituents is 1. The molecule has 0 fully saturated rings. The van der Waals surface area contributed by atoms with Crippen molar-refractivity contribution < 1.29 is 9.72 Å². The largest absolute Gasteiger partial charge is 0.385 e. The van der Waals surface area contributed by atoms with Gasteiger partial charge in [-0.1, -0.05) is 18.2 Å². The summed E-state index contributed by atoms with van der Waals surface area (Å²) in [5.41, 5.74) is 8.13. The molecule has 1 aromatic carbocycles. The average molecular weight is 236 g/mol. The SMILES string of the molecule is CC(=O)NN=C(N)Cc1ccccc1[N+](=O)[O-]. The van der Waals surface area contributed by atoms with Gasteiger partial charge in [0.25, 0.3) is 5.69 Å². The summed E-state index contributed by atoms with van der Waals surface area (Å²) in [6, 6.07) is 6.23. The molecular formula is C10H12N4O3. The number of hydrogen-bond donors (Lipinski definition) is 2. The van der Waals surface area contributed by atoms with Gasteiger partial charge in [0, 0.05) is 25.0 Å². The minimum Gasteiger partial charge on any atom is -0.385 e. The lowest BCUT2D eigenvalue weighted by Crippen LogP contribution is -2.23. The first-order valence-electron chi connectivity index (χ1n) is 4.81. The van der Waals surface area contributed by atoms with Crippen molar-refractivity contribution in [1.82, 2.24) is 5.43 Å². The molecule has 3 N–H and O–H groups in total. The predicted octanol–water partition coefficient (Wildman–Crippen LogP) is 0.546. The van der Waals surface area contributed by atoms with Crippen molar-refractivity contribution >= 4 is 17.4 Å². The molecule has 1 aromatic rings. The Hall–Kier alpha value is -2.44. The van der Waals surface area contributed by atoms with Crippen LogP contribution in [-0.2, 0) is 11.2 Å². The number of carbonyl (C=O) groups excluding carboxylic acids is 1. The summed E-state index contributed by atoms with van der Waals surface area (Å²) in [4.78, 5) is 20.8. The van der Waals surface area contributed by atoms with E-state index in [9.17, 15) is 14.9 Å². The Labute approximate surface area is 97.5 Å². The number of nitrogens with two attached hydrogens (primary N) is 1. The number of nitrogens with one attached hydrogen (secondary N) is 1. The lowest BCUT2D eigenvalue weighted by atomic mass is 10.1. The Morgan fingerprint density at radius 1 is 1.53 bits per heavy atom. The van der Waals surface area contributed by atoms with Crippen LogP contribution in [0.4, 0.5) is 5.69 Å². The maximum absolute atomic E-state index is 10.7. The van der Waals surface area contributed by atoms with Crippen molar-refractivity contribution in [2.24, 2.45) is 10.8 Å². The smallest absolute Gasteiger partial charge is 0.273 e. The van der Waals surface area contributed by atoms with Crippen LogP contribution in [0.15, 0.2) is 29.4 Å². The standard InChI is InChI=1S/C10H12N4O3/c1-7(15)12-13-10(11)6-8-4-2-3-5-9(8)14(16)17/h2-5H,6H2,1H3,(H2,11,13)(H,12,15). The quantitative estimate of drug-likeness (QED) is 0.344. The van der Waals surface area contributed by atoms with Crippen LogP contribution in [-0.4, -0.2) is 16.7 Å². The molecular weight excluding hydrogens is 224 g/mol. The van der Waals surface area contributed by atoms with E-state index in [0.717, 1.165) is 0 Å². The first-order valence-corrected chi connectivity index (χ1v) is 4.81. The molecule has 1 amide bonds. The van der Waals surface area contributed by atoms with E-state index < -0.39 is 4.92 Å². The summed E-state index contributed by atoms with van der Waals surface area (Å²) in [5.74, 6) is -0.245. The average Bonchev–Trinajstić information content (AvgIpc) is 2.27. The lowest BCUT2D eigenvalue weighted by Gasteiger charge is -2.02. The number of amides is 1. The van der Waals surface area contributed by atoms with Gasteiger partial charge in [-0.05, 0) is 0 Å². The van der Waals surface area contributed by atoms with Crippen molar-refractivity contribution in [1.29, 1.82) is 0 Å². The highest BCUT2D eigenvalue weighted by atomic mass is 16.6. The third-order valence-corrected chi connectivity index (χ3v) is 1.92. The molecule has 0 spiro atoms. The molecule has 0 aliphatic rings. The van der Waals surface area contributed by atoms with E-state index in [-0.39, 0.29) is 23.9 Å². The molecule has 7 nitrogen and oxygen atoms in total. The van der Waals surface area contributed by atoms with Gasteiger partial charge in [0.05, 0.1) is 4.92 Å². The molecule has 0 aromatic heterocycles. The number of nitrogens with zero attached hydrogens (tertiary/aromatic N) is 2. The fraction of sp³-hybridized carbons (Fsp3) is 0.200. The van der Waals surface area contributed by atoms with E-state index in [1.807, 2.05) is 0 Å². The fourth-order valence-electron chi connectivity index (χ4n) is 1.22. The molecule has 0 saturated heterocycles. The van der Waals surface area contributed by atoms with Crippen LogP contribution in [0.25, 0.3) is 0 Å². The topological polar surface area (TPSA) is 111 Å². The summed E-state index contributed by atoms with van der Waals surface area (Å²) in [6.45, 7) is 1.29. The number of amidine groups is 1. The first-order chi connectivity index (χ1) is 8.00. The Morgan fingerprint density at radius 3 is 2.76 bits per heavy atom. The number of benzene rings is 1. The molecule has 1 rings (SSSR count). The van der Waals surface area contributed by atoms with Crippen LogP contribution >= 0.6 is 0 Å². The van der Waals surface area contributed by atoms with Crippen molar-refractivity contribution in [2.75, 3.05) is 0 Å². The number of nitro groups is 1. The van der Waals surface area contributed by atoms with Crippen LogP contribution in [0.3, 0.4) is 0 Å². The van der Waals surface area contributed by atoms with Gasteiger partial charge in [-0.2, -0.15) is 5.10 Å². The summed E-state index contributed by atoms with van der Waals surface area (Å²) in [6.07, 6.45) is 0.109. The first kappa shape index (κ1) is 12.6. The second-order valence-electron chi connectivity index (χ2n) is 3.33. The van der Waals surface area contributed by atoms with Crippen LogP contribution in [0, 0.1) is 10.1 Å². The Bertz CT molecular complexity index is 470. The molecule has 7 heteroatoms. The minimum absolute atomic E-state index is 0.0199. The highest BCUT2D eigenvalue weighted by Gasteiger charge is 2.13. The Balaban J connectivity index is 2.84. The van der Waals surface area contributed by atoms with E-state index in [2.05, 4.69) is 10.5 Å². The Morgan fingerprint density at radius 2 is 2.18 bits per heavy atom. The monoisotopic (exact) mass is 236 g/mol. The molecule has 0 bridgehead atoms. The van der Waals surface area contributed by atoms with E-state index in [4.69, 9.17) is 5.73 Å². The summed E-state index contributed by atoms with van der Waals surface area (Å²) in [7, 11) is 0. The number of rotatable bonds is 4. The normalized spacial score (nSPS) is 11.0. The van der Waals surface area contributed by atoms with Crippen molar-refractivity contribution in [3.05, 3.63) is 39.9 Å². The molecule has 90 valence electrons. The van der Waals surface area contributed by atoms with Crippen molar-refractivity contribution in [3.63, 3.8) is 0 Å². The lowest BCUT2D eigenvalue weighted by molar-refractivity contribution is -0.385. The highest BCUT2D eigenvalue weighted by molar-refractivity contribution is 5.85. The molecule has 17 heavy (non-hydrogen) atoms. The molecule has 0 atom stereocenters. The zero-order valence-corrected chi connectivity index (χ0v) is 9.21. The molecule has 0 saturated carbocycles. The fourth-order valence-corrected chi connectivity index (χ4v) is 1.22. The van der Waals surface area contributed by atoms with Crippen molar-refractivity contribution in [2.45, 2.75) is 13.3 Å².